The summed E-state index contributed by atoms with van der Waals surface area (Å²) in [5.41, 5.74) is 4.32. The van der Waals surface area contributed by atoms with Crippen molar-refractivity contribution in [3.05, 3.63) is 59.7 Å². The van der Waals surface area contributed by atoms with Crippen molar-refractivity contribution in [1.29, 1.82) is 0 Å². The molecule has 1 heterocycles. The van der Waals surface area contributed by atoms with E-state index >= 15 is 0 Å². The Bertz CT molecular complexity index is 1060. The second-order valence-electron chi connectivity index (χ2n) is 8.71. The first kappa shape index (κ1) is 23.7. The monoisotopic (exact) mass is 472 g/mol. The highest BCUT2D eigenvalue weighted by atomic mass is 19.3. The van der Waals surface area contributed by atoms with Crippen LogP contribution in [0.25, 0.3) is 11.1 Å². The molecule has 180 valence electrons. The largest absolute Gasteiger partial charge is 0.480 e. The van der Waals surface area contributed by atoms with Gasteiger partial charge in [0.2, 0.25) is 5.91 Å². The SMILES string of the molecule is CC[C@@H](CC(=O)N1CC(F)(F)C[C@@H]1C(=O)O)NC(=O)OCC1c2ccccc2-c2ccccc21. The summed E-state index contributed by atoms with van der Waals surface area (Å²) in [6.45, 7) is 0.892. The summed E-state index contributed by atoms with van der Waals surface area (Å²) in [7, 11) is 0. The van der Waals surface area contributed by atoms with Crippen LogP contribution in [-0.4, -0.2) is 59.1 Å². The average Bonchev–Trinajstić information content (AvgIpc) is 3.31. The number of ether oxygens (including phenoxy) is 1. The number of fused-ring (bicyclic) bond motifs is 3. The Balaban J connectivity index is 1.36. The van der Waals surface area contributed by atoms with Gasteiger partial charge in [-0.1, -0.05) is 55.5 Å². The molecule has 0 aromatic heterocycles. The number of likely N-dealkylation sites (tertiary alicyclic amines) is 1. The number of amides is 2. The molecule has 0 radical (unpaired) electrons. The van der Waals surface area contributed by atoms with Crippen LogP contribution in [0, 0.1) is 0 Å². The molecule has 1 saturated heterocycles. The Morgan fingerprint density at radius 1 is 1.12 bits per heavy atom. The van der Waals surface area contributed by atoms with Crippen LogP contribution in [0.2, 0.25) is 0 Å². The molecule has 2 amide bonds. The number of nitrogens with zero attached hydrogens (tertiary/aromatic N) is 1. The maximum absolute atomic E-state index is 13.7. The molecule has 2 atom stereocenters. The molecular formula is C25H26F2N2O5. The Hall–Kier alpha value is -3.49. The maximum Gasteiger partial charge on any atom is 0.407 e. The van der Waals surface area contributed by atoms with Gasteiger partial charge in [0, 0.05) is 24.8 Å². The number of halogens is 2. The highest BCUT2D eigenvalue weighted by Gasteiger charge is 2.50. The summed E-state index contributed by atoms with van der Waals surface area (Å²) < 4.78 is 32.9. The predicted octanol–water partition coefficient (Wildman–Crippen LogP) is 4.01. The Morgan fingerprint density at radius 3 is 2.26 bits per heavy atom. The number of aliphatic carboxylic acids is 1. The Labute approximate surface area is 195 Å². The van der Waals surface area contributed by atoms with Gasteiger partial charge in [0.05, 0.1) is 6.54 Å². The maximum atomic E-state index is 13.7. The van der Waals surface area contributed by atoms with Gasteiger partial charge in [-0.3, -0.25) is 4.79 Å². The molecular weight excluding hydrogens is 446 g/mol. The Morgan fingerprint density at radius 2 is 1.71 bits per heavy atom. The second kappa shape index (κ2) is 9.40. The van der Waals surface area contributed by atoms with E-state index in [2.05, 4.69) is 5.32 Å². The molecule has 1 aliphatic heterocycles. The number of hydrogen-bond donors (Lipinski definition) is 2. The van der Waals surface area contributed by atoms with Crippen LogP contribution >= 0.6 is 0 Å². The first-order valence-corrected chi connectivity index (χ1v) is 11.2. The van der Waals surface area contributed by atoms with E-state index in [9.17, 15) is 28.3 Å². The minimum atomic E-state index is -3.25. The van der Waals surface area contributed by atoms with Gasteiger partial charge in [-0.25, -0.2) is 18.4 Å². The van der Waals surface area contributed by atoms with Crippen molar-refractivity contribution in [3.63, 3.8) is 0 Å². The third-order valence-corrected chi connectivity index (χ3v) is 6.45. The minimum absolute atomic E-state index is 0.101. The van der Waals surface area contributed by atoms with E-state index in [1.54, 1.807) is 6.92 Å². The fourth-order valence-electron chi connectivity index (χ4n) is 4.73. The molecule has 2 aliphatic rings. The normalized spacial score (nSPS) is 19.3. The molecule has 1 fully saturated rings. The summed E-state index contributed by atoms with van der Waals surface area (Å²) in [5.74, 6) is -5.58. The summed E-state index contributed by atoms with van der Waals surface area (Å²) in [6.07, 6.45) is -1.58. The number of rotatable bonds is 7. The zero-order chi connectivity index (χ0) is 24.5. The van der Waals surface area contributed by atoms with Crippen LogP contribution in [0.4, 0.5) is 13.6 Å². The van der Waals surface area contributed by atoms with E-state index in [1.807, 2.05) is 48.5 Å². The van der Waals surface area contributed by atoms with Gasteiger partial charge in [0.1, 0.15) is 12.6 Å². The summed E-state index contributed by atoms with van der Waals surface area (Å²) in [6, 6.07) is 13.6. The number of carboxylic acid groups (broad SMARTS) is 1. The number of alkyl carbamates (subject to hydrolysis) is 1. The highest BCUT2D eigenvalue weighted by molar-refractivity contribution is 5.85. The van der Waals surface area contributed by atoms with Crippen LogP contribution in [-0.2, 0) is 14.3 Å². The van der Waals surface area contributed by atoms with Crippen molar-refractivity contribution >= 4 is 18.0 Å². The molecule has 2 aromatic rings. The fourth-order valence-corrected chi connectivity index (χ4v) is 4.73. The third kappa shape index (κ3) is 4.73. The third-order valence-electron chi connectivity index (χ3n) is 6.45. The first-order chi connectivity index (χ1) is 16.2. The second-order valence-corrected chi connectivity index (χ2v) is 8.71. The molecule has 9 heteroatoms. The van der Waals surface area contributed by atoms with Crippen molar-refractivity contribution in [2.45, 2.75) is 50.1 Å². The lowest BCUT2D eigenvalue weighted by atomic mass is 9.98. The number of carbonyl (C=O) groups excluding carboxylic acids is 2. The van der Waals surface area contributed by atoms with Gasteiger partial charge in [-0.15, -0.1) is 0 Å². The van der Waals surface area contributed by atoms with Gasteiger partial charge < -0.3 is 20.1 Å². The van der Waals surface area contributed by atoms with Crippen LogP contribution in [0.5, 0.6) is 0 Å². The standard InChI is InChI=1S/C25H26F2N2O5/c1-2-15(11-22(30)29-14-25(26,27)12-21(29)23(31)32)28-24(33)34-13-20-18-9-5-3-7-16(18)17-8-4-6-10-19(17)20/h3-10,15,20-21H,2,11-14H2,1H3,(H,28,33)(H,31,32)/t15-,21+/m0/s1. The van der Waals surface area contributed by atoms with Gasteiger partial charge in [0.25, 0.3) is 5.92 Å². The molecule has 34 heavy (non-hydrogen) atoms. The number of hydrogen-bond acceptors (Lipinski definition) is 4. The number of nitrogens with one attached hydrogen (secondary N) is 1. The van der Waals surface area contributed by atoms with Crippen LogP contribution in [0.1, 0.15) is 43.2 Å². The van der Waals surface area contributed by atoms with E-state index in [0.29, 0.717) is 11.3 Å². The molecule has 0 unspecified atom stereocenters. The zero-order valence-electron chi connectivity index (χ0n) is 18.7. The number of alkyl halides is 2. The summed E-state index contributed by atoms with van der Waals surface area (Å²) >= 11 is 0. The topological polar surface area (TPSA) is 95.9 Å². The van der Waals surface area contributed by atoms with Gasteiger partial charge in [0.15, 0.2) is 0 Å². The van der Waals surface area contributed by atoms with Crippen LogP contribution in [0.3, 0.4) is 0 Å². The van der Waals surface area contributed by atoms with E-state index in [0.717, 1.165) is 22.3 Å². The quantitative estimate of drug-likeness (QED) is 0.635. The van der Waals surface area contributed by atoms with E-state index in [1.165, 1.54) is 0 Å². The van der Waals surface area contributed by atoms with Crippen molar-refractivity contribution in [1.82, 2.24) is 10.2 Å². The molecule has 2 aromatic carbocycles. The van der Waals surface area contributed by atoms with Crippen LogP contribution < -0.4 is 5.32 Å². The lowest BCUT2D eigenvalue weighted by molar-refractivity contribution is -0.148. The highest BCUT2D eigenvalue weighted by Crippen LogP contribution is 2.44. The molecule has 0 saturated carbocycles. The van der Waals surface area contributed by atoms with Crippen molar-refractivity contribution in [2.24, 2.45) is 0 Å². The van der Waals surface area contributed by atoms with Crippen molar-refractivity contribution in [3.8, 4) is 11.1 Å². The van der Waals surface area contributed by atoms with E-state index in [4.69, 9.17) is 4.74 Å². The molecule has 0 spiro atoms. The number of benzene rings is 2. The lowest BCUT2D eigenvalue weighted by Crippen LogP contribution is -2.45. The molecule has 1 aliphatic carbocycles. The van der Waals surface area contributed by atoms with Gasteiger partial charge >= 0.3 is 12.1 Å². The predicted molar refractivity (Wildman–Crippen MR) is 120 cm³/mol. The molecule has 4 rings (SSSR count). The van der Waals surface area contributed by atoms with Crippen LogP contribution in [0.15, 0.2) is 48.5 Å². The van der Waals surface area contributed by atoms with E-state index in [-0.39, 0.29) is 18.9 Å². The first-order valence-electron chi connectivity index (χ1n) is 11.2. The van der Waals surface area contributed by atoms with Crippen molar-refractivity contribution in [2.75, 3.05) is 13.2 Å². The fraction of sp³-hybridized carbons (Fsp3) is 0.400. The summed E-state index contributed by atoms with van der Waals surface area (Å²) in [4.78, 5) is 37.1. The molecule has 0 bridgehead atoms. The number of carboxylic acids is 1. The lowest BCUT2D eigenvalue weighted by Gasteiger charge is -2.24. The number of carbonyl (C=O) groups is 3. The summed E-state index contributed by atoms with van der Waals surface area (Å²) in [5, 5.41) is 11.8. The average molecular weight is 472 g/mol. The van der Waals surface area contributed by atoms with E-state index < -0.39 is 48.9 Å². The molecule has 7 nitrogen and oxygen atoms in total. The zero-order valence-corrected chi connectivity index (χ0v) is 18.7. The van der Waals surface area contributed by atoms with Gasteiger partial charge in [-0.05, 0) is 28.7 Å². The molecule has 2 N–H and O–H groups in total. The van der Waals surface area contributed by atoms with Crippen molar-refractivity contribution < 1.29 is 33.0 Å². The van der Waals surface area contributed by atoms with Gasteiger partial charge in [-0.2, -0.15) is 0 Å². The minimum Gasteiger partial charge on any atom is -0.480 e. The Kier molecular flexibility index (Phi) is 6.54. The smallest absolute Gasteiger partial charge is 0.407 e.